The standard InChI is InChI=1S/C16H15NO3S/c18-7-2-4-13-6-8-21-15(13)11-17-16(20)10-12-3-1-5-14(19)9-12/h1,3,5-6,8-9,18-19H,7,10-11H2,(H,17,20). The third-order valence-electron chi connectivity index (χ3n) is 2.77. The lowest BCUT2D eigenvalue weighted by Crippen LogP contribution is -2.24. The van der Waals surface area contributed by atoms with E-state index in [9.17, 15) is 9.90 Å². The molecule has 0 atom stereocenters. The Hall–Kier alpha value is -2.29. The molecule has 0 saturated heterocycles. The van der Waals surface area contributed by atoms with E-state index in [0.717, 1.165) is 16.0 Å². The predicted octanol–water partition coefficient (Wildman–Crippen LogP) is 1.66. The van der Waals surface area contributed by atoms with Crippen molar-refractivity contribution in [3.8, 4) is 17.6 Å². The number of rotatable bonds is 4. The molecule has 1 amide bonds. The zero-order valence-corrected chi connectivity index (χ0v) is 12.1. The first-order chi connectivity index (χ1) is 10.2. The quantitative estimate of drug-likeness (QED) is 0.752. The molecule has 0 unspecified atom stereocenters. The van der Waals surface area contributed by atoms with Gasteiger partial charge in [0.2, 0.25) is 5.91 Å². The van der Waals surface area contributed by atoms with E-state index in [1.54, 1.807) is 24.3 Å². The number of phenolic OH excluding ortho intramolecular Hbond substituents is 1. The second kappa shape index (κ2) is 7.48. The molecule has 0 fully saturated rings. The number of aliphatic hydroxyl groups is 1. The smallest absolute Gasteiger partial charge is 0.224 e. The zero-order valence-electron chi connectivity index (χ0n) is 11.3. The highest BCUT2D eigenvalue weighted by atomic mass is 32.1. The molecule has 2 aromatic rings. The first kappa shape index (κ1) is 15.1. The molecular weight excluding hydrogens is 286 g/mol. The Labute approximate surface area is 127 Å². The number of carbonyl (C=O) groups is 1. The molecule has 108 valence electrons. The van der Waals surface area contributed by atoms with Crippen LogP contribution in [0.5, 0.6) is 5.75 Å². The topological polar surface area (TPSA) is 69.6 Å². The minimum Gasteiger partial charge on any atom is -0.508 e. The van der Waals surface area contributed by atoms with Gasteiger partial charge >= 0.3 is 0 Å². The number of aliphatic hydroxyl groups excluding tert-OH is 1. The fourth-order valence-corrected chi connectivity index (χ4v) is 2.59. The van der Waals surface area contributed by atoms with Crippen LogP contribution in [0.3, 0.4) is 0 Å². The molecule has 1 aromatic heterocycles. The normalized spacial score (nSPS) is 9.76. The molecule has 5 heteroatoms. The SMILES string of the molecule is O=C(Cc1cccc(O)c1)NCc1sccc1C#CCO. The number of amides is 1. The van der Waals surface area contributed by atoms with E-state index < -0.39 is 0 Å². The van der Waals surface area contributed by atoms with Crippen LogP contribution in [-0.4, -0.2) is 22.7 Å². The molecule has 0 aliphatic heterocycles. The van der Waals surface area contributed by atoms with Crippen LogP contribution in [0.15, 0.2) is 35.7 Å². The van der Waals surface area contributed by atoms with Crippen LogP contribution in [0.2, 0.25) is 0 Å². The van der Waals surface area contributed by atoms with Gasteiger partial charge in [0, 0.05) is 10.4 Å². The minimum atomic E-state index is -0.181. The van der Waals surface area contributed by atoms with Gasteiger partial charge in [-0.3, -0.25) is 4.79 Å². The lowest BCUT2D eigenvalue weighted by molar-refractivity contribution is -0.120. The second-order valence-electron chi connectivity index (χ2n) is 4.34. The molecule has 1 heterocycles. The zero-order chi connectivity index (χ0) is 15.1. The van der Waals surface area contributed by atoms with Crippen LogP contribution < -0.4 is 5.32 Å². The number of hydrogen-bond donors (Lipinski definition) is 3. The average molecular weight is 301 g/mol. The van der Waals surface area contributed by atoms with E-state index in [4.69, 9.17) is 5.11 Å². The molecule has 0 aliphatic carbocycles. The van der Waals surface area contributed by atoms with Crippen LogP contribution in [0.1, 0.15) is 16.0 Å². The van der Waals surface area contributed by atoms with Gasteiger partial charge < -0.3 is 15.5 Å². The van der Waals surface area contributed by atoms with Gasteiger partial charge in [0.15, 0.2) is 0 Å². The van der Waals surface area contributed by atoms with Crippen molar-refractivity contribution < 1.29 is 15.0 Å². The Kier molecular flexibility index (Phi) is 5.38. The molecule has 0 bridgehead atoms. The van der Waals surface area contributed by atoms with Gasteiger partial charge in [-0.25, -0.2) is 0 Å². The number of thiophene rings is 1. The van der Waals surface area contributed by atoms with Gasteiger partial charge in [0.1, 0.15) is 12.4 Å². The highest BCUT2D eigenvalue weighted by Crippen LogP contribution is 2.16. The van der Waals surface area contributed by atoms with E-state index in [1.165, 1.54) is 11.3 Å². The van der Waals surface area contributed by atoms with E-state index >= 15 is 0 Å². The summed E-state index contributed by atoms with van der Waals surface area (Å²) in [5, 5.41) is 22.8. The first-order valence-corrected chi connectivity index (χ1v) is 7.27. The van der Waals surface area contributed by atoms with Crippen molar-refractivity contribution in [3.05, 3.63) is 51.7 Å². The summed E-state index contributed by atoms with van der Waals surface area (Å²) in [6, 6.07) is 8.51. The number of phenols is 1. The summed E-state index contributed by atoms with van der Waals surface area (Å²) in [5.74, 6) is 5.48. The van der Waals surface area contributed by atoms with Crippen molar-refractivity contribution in [1.82, 2.24) is 5.32 Å². The number of benzene rings is 1. The van der Waals surface area contributed by atoms with Crippen LogP contribution in [0, 0.1) is 11.8 Å². The largest absolute Gasteiger partial charge is 0.508 e. The summed E-state index contributed by atoms with van der Waals surface area (Å²) in [6.45, 7) is 0.226. The van der Waals surface area contributed by atoms with E-state index in [-0.39, 0.29) is 24.7 Å². The minimum absolute atomic E-state index is 0.116. The number of hydrogen-bond acceptors (Lipinski definition) is 4. The van der Waals surface area contributed by atoms with Gasteiger partial charge in [0.05, 0.1) is 13.0 Å². The Morgan fingerprint density at radius 3 is 2.95 bits per heavy atom. The second-order valence-corrected chi connectivity index (χ2v) is 5.34. The van der Waals surface area contributed by atoms with Crippen LogP contribution in [0.25, 0.3) is 0 Å². The molecule has 3 N–H and O–H groups in total. The highest BCUT2D eigenvalue weighted by Gasteiger charge is 2.06. The number of aromatic hydroxyl groups is 1. The maximum atomic E-state index is 11.9. The highest BCUT2D eigenvalue weighted by molar-refractivity contribution is 7.10. The van der Waals surface area contributed by atoms with Gasteiger partial charge in [0.25, 0.3) is 0 Å². The van der Waals surface area contributed by atoms with Crippen molar-refractivity contribution in [3.63, 3.8) is 0 Å². The molecule has 0 saturated carbocycles. The maximum absolute atomic E-state index is 11.9. The van der Waals surface area contributed by atoms with Gasteiger partial charge in [-0.1, -0.05) is 24.0 Å². The lowest BCUT2D eigenvalue weighted by Gasteiger charge is -2.05. The maximum Gasteiger partial charge on any atom is 0.224 e. The molecular formula is C16H15NO3S. The fourth-order valence-electron chi connectivity index (χ4n) is 1.82. The van der Waals surface area contributed by atoms with Crippen molar-refractivity contribution in [2.45, 2.75) is 13.0 Å². The fraction of sp³-hybridized carbons (Fsp3) is 0.188. The van der Waals surface area contributed by atoms with E-state index in [0.29, 0.717) is 6.54 Å². The molecule has 1 aromatic carbocycles. The molecule has 0 aliphatic rings. The van der Waals surface area contributed by atoms with Gasteiger partial charge in [-0.15, -0.1) is 11.3 Å². The molecule has 4 nitrogen and oxygen atoms in total. The average Bonchev–Trinajstić information content (AvgIpc) is 2.90. The predicted molar refractivity (Wildman–Crippen MR) is 81.9 cm³/mol. The van der Waals surface area contributed by atoms with Crippen molar-refractivity contribution in [2.75, 3.05) is 6.61 Å². The third-order valence-corrected chi connectivity index (χ3v) is 3.69. The Morgan fingerprint density at radius 1 is 1.33 bits per heavy atom. The van der Waals surface area contributed by atoms with Crippen molar-refractivity contribution in [2.24, 2.45) is 0 Å². The summed E-state index contributed by atoms with van der Waals surface area (Å²) < 4.78 is 0. The summed E-state index contributed by atoms with van der Waals surface area (Å²) in [5.41, 5.74) is 1.59. The monoisotopic (exact) mass is 301 g/mol. The third kappa shape index (κ3) is 4.63. The van der Waals surface area contributed by atoms with E-state index in [1.807, 2.05) is 11.4 Å². The Balaban J connectivity index is 1.91. The van der Waals surface area contributed by atoms with Crippen LogP contribution in [-0.2, 0) is 17.8 Å². The summed E-state index contributed by atoms with van der Waals surface area (Å²) in [4.78, 5) is 12.8. The van der Waals surface area contributed by atoms with Crippen molar-refractivity contribution in [1.29, 1.82) is 0 Å². The molecule has 0 radical (unpaired) electrons. The van der Waals surface area contributed by atoms with Crippen LogP contribution >= 0.6 is 11.3 Å². The number of carbonyl (C=O) groups excluding carboxylic acids is 1. The van der Waals surface area contributed by atoms with Gasteiger partial charge in [-0.2, -0.15) is 0 Å². The van der Waals surface area contributed by atoms with E-state index in [2.05, 4.69) is 17.2 Å². The van der Waals surface area contributed by atoms with Crippen molar-refractivity contribution >= 4 is 17.2 Å². The Morgan fingerprint density at radius 2 is 2.19 bits per heavy atom. The summed E-state index contributed by atoms with van der Waals surface area (Å²) in [7, 11) is 0. The molecule has 21 heavy (non-hydrogen) atoms. The Bertz CT molecular complexity index is 682. The molecule has 0 spiro atoms. The summed E-state index contributed by atoms with van der Waals surface area (Å²) in [6.07, 6.45) is 0.220. The number of nitrogens with one attached hydrogen (secondary N) is 1. The first-order valence-electron chi connectivity index (χ1n) is 6.39. The van der Waals surface area contributed by atoms with Crippen LogP contribution in [0.4, 0.5) is 0 Å². The summed E-state index contributed by atoms with van der Waals surface area (Å²) >= 11 is 1.51. The lowest BCUT2D eigenvalue weighted by atomic mass is 10.1. The van der Waals surface area contributed by atoms with Gasteiger partial charge in [-0.05, 0) is 29.1 Å². The molecule has 2 rings (SSSR count).